The number of rotatable bonds is 4. The summed E-state index contributed by atoms with van der Waals surface area (Å²) in [6.45, 7) is 7.94. The van der Waals surface area contributed by atoms with Gasteiger partial charge in [-0.25, -0.2) is 8.42 Å². The Kier molecular flexibility index (Phi) is 4.80. The summed E-state index contributed by atoms with van der Waals surface area (Å²) < 4.78 is 22.6. The van der Waals surface area contributed by atoms with Gasteiger partial charge >= 0.3 is 0 Å². The molecule has 0 atom stereocenters. The third kappa shape index (κ3) is 3.24. The zero-order valence-corrected chi connectivity index (χ0v) is 13.1. The normalized spacial score (nSPS) is 11.9. The molecule has 4 nitrogen and oxygen atoms in total. The third-order valence-electron chi connectivity index (χ3n) is 2.57. The van der Waals surface area contributed by atoms with Gasteiger partial charge in [0.2, 0.25) is 0 Å². The van der Waals surface area contributed by atoms with Crippen molar-refractivity contribution in [2.75, 3.05) is 6.54 Å². The minimum atomic E-state index is -3.79. The predicted molar refractivity (Wildman–Crippen MR) is 73.9 cm³/mol. The fourth-order valence-corrected chi connectivity index (χ4v) is 4.32. The summed E-state index contributed by atoms with van der Waals surface area (Å²) in [5.74, 6) is -0.160. The molecular formula is C11H16ClNO3S2. The van der Waals surface area contributed by atoms with E-state index in [4.69, 9.17) is 10.7 Å². The van der Waals surface area contributed by atoms with Gasteiger partial charge in [-0.1, -0.05) is 0 Å². The number of hydrogen-bond donors (Lipinski definition) is 0. The highest BCUT2D eigenvalue weighted by Gasteiger charge is 2.24. The maximum Gasteiger partial charge on any atom is 0.264 e. The molecule has 0 unspecified atom stereocenters. The molecule has 18 heavy (non-hydrogen) atoms. The van der Waals surface area contributed by atoms with E-state index in [1.54, 1.807) is 11.8 Å². The highest BCUT2D eigenvalue weighted by Crippen LogP contribution is 2.29. The Morgan fingerprint density at radius 2 is 2.06 bits per heavy atom. The Balaban J connectivity index is 3.17. The smallest absolute Gasteiger partial charge is 0.264 e. The number of hydrogen-bond acceptors (Lipinski definition) is 4. The summed E-state index contributed by atoms with van der Waals surface area (Å²) in [6, 6.07) is 1.43. The number of carbonyl (C=O) groups excluding carboxylic acids is 1. The summed E-state index contributed by atoms with van der Waals surface area (Å²) in [6.07, 6.45) is 0. The van der Waals surface area contributed by atoms with Crippen molar-refractivity contribution in [1.29, 1.82) is 0 Å². The standard InChI is InChI=1S/C11H16ClNO3S2/c1-5-13(7(2)3)11(14)9-6-10(8(4)17-9)18(12,15)16/h6-7H,5H2,1-4H3. The Bertz CT molecular complexity index is 549. The van der Waals surface area contributed by atoms with E-state index in [0.717, 1.165) is 11.3 Å². The Hall–Kier alpha value is -0.590. The lowest BCUT2D eigenvalue weighted by atomic mass is 10.3. The molecule has 1 aromatic heterocycles. The van der Waals surface area contributed by atoms with Crippen LogP contribution in [-0.4, -0.2) is 31.8 Å². The Morgan fingerprint density at radius 1 is 1.50 bits per heavy atom. The van der Waals surface area contributed by atoms with E-state index in [2.05, 4.69) is 0 Å². The molecule has 7 heteroatoms. The first kappa shape index (κ1) is 15.5. The molecule has 1 rings (SSSR count). The van der Waals surface area contributed by atoms with Crippen LogP contribution in [-0.2, 0) is 9.05 Å². The lowest BCUT2D eigenvalue weighted by Crippen LogP contribution is -2.36. The van der Waals surface area contributed by atoms with Crippen LogP contribution in [0.2, 0.25) is 0 Å². The van der Waals surface area contributed by atoms with Crippen molar-refractivity contribution in [2.45, 2.75) is 38.6 Å². The molecule has 0 spiro atoms. The van der Waals surface area contributed by atoms with Crippen LogP contribution in [0.15, 0.2) is 11.0 Å². The van der Waals surface area contributed by atoms with Crippen molar-refractivity contribution in [3.63, 3.8) is 0 Å². The molecule has 0 bridgehead atoms. The molecule has 0 aliphatic heterocycles. The van der Waals surface area contributed by atoms with Gasteiger partial charge in [0.15, 0.2) is 0 Å². The molecule has 0 aliphatic carbocycles. The van der Waals surface area contributed by atoms with Gasteiger partial charge in [-0.2, -0.15) is 0 Å². The molecule has 0 N–H and O–H groups in total. The van der Waals surface area contributed by atoms with Crippen LogP contribution in [0.25, 0.3) is 0 Å². The van der Waals surface area contributed by atoms with E-state index >= 15 is 0 Å². The van der Waals surface area contributed by atoms with E-state index in [1.165, 1.54) is 6.07 Å². The van der Waals surface area contributed by atoms with Gasteiger partial charge in [-0.15, -0.1) is 11.3 Å². The largest absolute Gasteiger partial charge is 0.336 e. The van der Waals surface area contributed by atoms with Crippen LogP contribution in [0, 0.1) is 6.92 Å². The first-order valence-corrected chi connectivity index (χ1v) is 8.67. The number of halogens is 1. The monoisotopic (exact) mass is 309 g/mol. The fraction of sp³-hybridized carbons (Fsp3) is 0.545. The molecule has 0 saturated heterocycles. The van der Waals surface area contributed by atoms with Gasteiger partial charge in [-0.05, 0) is 33.8 Å². The Labute approximate surface area is 116 Å². The van der Waals surface area contributed by atoms with Crippen LogP contribution in [0.5, 0.6) is 0 Å². The highest BCUT2D eigenvalue weighted by atomic mass is 35.7. The van der Waals surface area contributed by atoms with Crippen molar-refractivity contribution >= 4 is 37.0 Å². The van der Waals surface area contributed by atoms with Gasteiger partial charge in [0, 0.05) is 28.1 Å². The molecule has 102 valence electrons. The van der Waals surface area contributed by atoms with E-state index in [0.29, 0.717) is 16.3 Å². The minimum Gasteiger partial charge on any atom is -0.336 e. The van der Waals surface area contributed by atoms with Crippen molar-refractivity contribution in [3.05, 3.63) is 15.8 Å². The predicted octanol–water partition coefficient (Wildman–Crippen LogP) is 2.85. The SMILES string of the molecule is CCN(C(=O)c1cc(S(=O)(=O)Cl)c(C)s1)C(C)C. The molecule has 1 aromatic rings. The molecule has 0 aliphatic rings. The lowest BCUT2D eigenvalue weighted by molar-refractivity contribution is 0.0722. The number of aryl methyl sites for hydroxylation is 1. The molecule has 0 saturated carbocycles. The van der Waals surface area contributed by atoms with Crippen LogP contribution >= 0.6 is 22.0 Å². The van der Waals surface area contributed by atoms with Gasteiger partial charge in [0.25, 0.3) is 15.0 Å². The second-order valence-electron chi connectivity index (χ2n) is 4.15. The van der Waals surface area contributed by atoms with Gasteiger partial charge in [0.1, 0.15) is 0 Å². The minimum absolute atomic E-state index is 0.0253. The van der Waals surface area contributed by atoms with Crippen molar-refractivity contribution in [1.82, 2.24) is 4.90 Å². The first-order chi connectivity index (χ1) is 8.18. The van der Waals surface area contributed by atoms with Crippen LogP contribution < -0.4 is 0 Å². The average Bonchev–Trinajstić information content (AvgIpc) is 2.60. The second kappa shape index (κ2) is 5.59. The first-order valence-electron chi connectivity index (χ1n) is 5.54. The number of amides is 1. The molecule has 1 amide bonds. The van der Waals surface area contributed by atoms with E-state index in [9.17, 15) is 13.2 Å². The van der Waals surface area contributed by atoms with E-state index < -0.39 is 9.05 Å². The van der Waals surface area contributed by atoms with Gasteiger partial charge in [0.05, 0.1) is 9.77 Å². The lowest BCUT2D eigenvalue weighted by Gasteiger charge is -2.24. The summed E-state index contributed by atoms with van der Waals surface area (Å²) >= 11 is 1.16. The summed E-state index contributed by atoms with van der Waals surface area (Å²) in [5.41, 5.74) is 0. The van der Waals surface area contributed by atoms with Crippen molar-refractivity contribution in [3.8, 4) is 0 Å². The van der Waals surface area contributed by atoms with Crippen LogP contribution in [0.4, 0.5) is 0 Å². The van der Waals surface area contributed by atoms with E-state index in [1.807, 2.05) is 20.8 Å². The van der Waals surface area contributed by atoms with Crippen LogP contribution in [0.1, 0.15) is 35.3 Å². The van der Waals surface area contributed by atoms with Crippen molar-refractivity contribution in [2.24, 2.45) is 0 Å². The topological polar surface area (TPSA) is 54.5 Å². The molecule has 0 aromatic carbocycles. The summed E-state index contributed by atoms with van der Waals surface area (Å²) in [4.78, 5) is 14.9. The zero-order valence-electron chi connectivity index (χ0n) is 10.7. The molecule has 0 fully saturated rings. The number of carbonyl (C=O) groups is 1. The fourth-order valence-electron chi connectivity index (χ4n) is 1.70. The average molecular weight is 310 g/mol. The van der Waals surface area contributed by atoms with Crippen molar-refractivity contribution < 1.29 is 13.2 Å². The Morgan fingerprint density at radius 3 is 2.39 bits per heavy atom. The quantitative estimate of drug-likeness (QED) is 0.804. The number of nitrogens with zero attached hydrogens (tertiary/aromatic N) is 1. The molecular weight excluding hydrogens is 294 g/mol. The maximum atomic E-state index is 12.2. The van der Waals surface area contributed by atoms with Gasteiger partial charge in [-0.3, -0.25) is 4.79 Å². The molecule has 1 heterocycles. The molecule has 0 radical (unpaired) electrons. The second-order valence-corrected chi connectivity index (χ2v) is 7.94. The summed E-state index contributed by atoms with van der Waals surface area (Å²) in [7, 11) is 1.52. The summed E-state index contributed by atoms with van der Waals surface area (Å²) in [5, 5.41) is 0. The zero-order chi connectivity index (χ0) is 14.1. The highest BCUT2D eigenvalue weighted by molar-refractivity contribution is 8.13. The number of thiophene rings is 1. The maximum absolute atomic E-state index is 12.2. The third-order valence-corrected chi connectivity index (χ3v) is 5.19. The van der Waals surface area contributed by atoms with Crippen LogP contribution in [0.3, 0.4) is 0 Å². The van der Waals surface area contributed by atoms with Gasteiger partial charge < -0.3 is 4.90 Å². The van der Waals surface area contributed by atoms with E-state index in [-0.39, 0.29) is 16.8 Å².